The quantitative estimate of drug-likeness (QED) is 0.898. The van der Waals surface area contributed by atoms with Crippen LogP contribution in [0.5, 0.6) is 0 Å². The number of hydrogen-bond donors (Lipinski definition) is 1. The summed E-state index contributed by atoms with van der Waals surface area (Å²) in [6.07, 6.45) is 0.295. The van der Waals surface area contributed by atoms with Crippen LogP contribution < -0.4 is 5.32 Å². The van der Waals surface area contributed by atoms with E-state index in [0.717, 1.165) is 0 Å². The summed E-state index contributed by atoms with van der Waals surface area (Å²) in [5.74, 6) is -1.74. The van der Waals surface area contributed by atoms with Gasteiger partial charge in [-0.2, -0.15) is 0 Å². The summed E-state index contributed by atoms with van der Waals surface area (Å²) < 4.78 is 36.4. The molecule has 2 rings (SSSR count). The largest absolute Gasteiger partial charge is 0.323 e. The zero-order chi connectivity index (χ0) is 13.3. The van der Waals surface area contributed by atoms with Crippen molar-refractivity contribution in [2.24, 2.45) is 5.92 Å². The summed E-state index contributed by atoms with van der Waals surface area (Å²) in [6.45, 7) is 0. The summed E-state index contributed by atoms with van der Waals surface area (Å²) in [5, 5.41) is 2.42. The number of amides is 1. The molecule has 98 valence electrons. The van der Waals surface area contributed by atoms with Crippen molar-refractivity contribution in [3.8, 4) is 0 Å². The van der Waals surface area contributed by atoms with E-state index in [1.54, 1.807) is 6.07 Å². The Hall–Kier alpha value is -0.950. The maximum atomic E-state index is 13.6. The number of halogens is 2. The lowest BCUT2D eigenvalue weighted by Crippen LogP contribution is -2.24. The molecule has 1 aliphatic rings. The Morgan fingerprint density at radius 3 is 2.78 bits per heavy atom. The molecule has 0 aromatic heterocycles. The standard InChI is InChI=1S/C11H11BrFNO3S/c12-8-2-1-3-9(10(8)13)14-11(15)7-4-5-18(16,17)6-7/h1-3,7H,4-6H2,(H,14,15). The first-order valence-electron chi connectivity index (χ1n) is 5.34. The van der Waals surface area contributed by atoms with Crippen LogP contribution in [0.15, 0.2) is 22.7 Å². The van der Waals surface area contributed by atoms with Crippen LogP contribution >= 0.6 is 15.9 Å². The van der Waals surface area contributed by atoms with Gasteiger partial charge in [0.25, 0.3) is 0 Å². The monoisotopic (exact) mass is 335 g/mol. The Bertz CT molecular complexity index is 588. The smallest absolute Gasteiger partial charge is 0.228 e. The topological polar surface area (TPSA) is 63.2 Å². The van der Waals surface area contributed by atoms with Gasteiger partial charge in [0.1, 0.15) is 0 Å². The lowest BCUT2D eigenvalue weighted by atomic mass is 10.1. The molecule has 1 fully saturated rings. The fourth-order valence-electron chi connectivity index (χ4n) is 1.84. The second-order valence-corrected chi connectivity index (χ2v) is 7.27. The Labute approximate surface area is 113 Å². The average Bonchev–Trinajstić information content (AvgIpc) is 2.65. The molecule has 4 nitrogen and oxygen atoms in total. The van der Waals surface area contributed by atoms with Gasteiger partial charge < -0.3 is 5.32 Å². The molecule has 1 amide bonds. The summed E-state index contributed by atoms with van der Waals surface area (Å²) >= 11 is 3.02. The van der Waals surface area contributed by atoms with Gasteiger partial charge in [-0.05, 0) is 34.5 Å². The van der Waals surface area contributed by atoms with Crippen LogP contribution in [0.3, 0.4) is 0 Å². The molecule has 0 spiro atoms. The second kappa shape index (κ2) is 4.97. The third-order valence-electron chi connectivity index (χ3n) is 2.81. The van der Waals surface area contributed by atoms with Gasteiger partial charge in [0, 0.05) is 0 Å². The minimum atomic E-state index is -3.11. The van der Waals surface area contributed by atoms with E-state index < -0.39 is 27.5 Å². The molecule has 1 aliphatic heterocycles. The van der Waals surface area contributed by atoms with Gasteiger partial charge in [0.2, 0.25) is 5.91 Å². The van der Waals surface area contributed by atoms with Crippen LogP contribution in [0.4, 0.5) is 10.1 Å². The molecule has 1 aromatic carbocycles. The number of hydrogen-bond acceptors (Lipinski definition) is 3. The Kier molecular flexibility index (Phi) is 3.72. The first-order chi connectivity index (χ1) is 8.39. The lowest BCUT2D eigenvalue weighted by molar-refractivity contribution is -0.119. The minimum Gasteiger partial charge on any atom is -0.323 e. The van der Waals surface area contributed by atoms with Crippen molar-refractivity contribution in [1.29, 1.82) is 0 Å². The third-order valence-corrected chi connectivity index (χ3v) is 5.19. The first-order valence-corrected chi connectivity index (χ1v) is 7.96. The van der Waals surface area contributed by atoms with Crippen molar-refractivity contribution in [2.45, 2.75) is 6.42 Å². The van der Waals surface area contributed by atoms with Crippen LogP contribution in [0, 0.1) is 11.7 Å². The molecule has 0 radical (unpaired) electrons. The Balaban J connectivity index is 2.11. The summed E-state index contributed by atoms with van der Waals surface area (Å²) in [4.78, 5) is 11.8. The predicted octanol–water partition coefficient (Wildman–Crippen LogP) is 1.96. The molecule has 1 atom stereocenters. The number of nitrogens with one attached hydrogen (secondary N) is 1. The fraction of sp³-hybridized carbons (Fsp3) is 0.364. The van der Waals surface area contributed by atoms with Gasteiger partial charge in [0.15, 0.2) is 15.7 Å². The number of sulfone groups is 1. The van der Waals surface area contributed by atoms with Gasteiger partial charge in [-0.25, -0.2) is 12.8 Å². The maximum absolute atomic E-state index is 13.6. The summed E-state index contributed by atoms with van der Waals surface area (Å²) in [6, 6.07) is 4.54. The summed E-state index contributed by atoms with van der Waals surface area (Å²) in [7, 11) is -3.11. The SMILES string of the molecule is O=C(Nc1cccc(Br)c1F)C1CCS(=O)(=O)C1. The first kappa shape index (κ1) is 13.5. The van der Waals surface area contributed by atoms with Gasteiger partial charge >= 0.3 is 0 Å². The molecule has 1 unspecified atom stereocenters. The molecule has 7 heteroatoms. The highest BCUT2D eigenvalue weighted by molar-refractivity contribution is 9.10. The van der Waals surface area contributed by atoms with Crippen molar-refractivity contribution in [1.82, 2.24) is 0 Å². The average molecular weight is 336 g/mol. The van der Waals surface area contributed by atoms with E-state index in [-0.39, 0.29) is 21.7 Å². The molecule has 1 aromatic rings. The van der Waals surface area contributed by atoms with Crippen LogP contribution in [0.25, 0.3) is 0 Å². The molecular formula is C11H11BrFNO3S. The van der Waals surface area contributed by atoms with E-state index in [2.05, 4.69) is 21.2 Å². The van der Waals surface area contributed by atoms with Crippen molar-refractivity contribution in [3.05, 3.63) is 28.5 Å². The van der Waals surface area contributed by atoms with E-state index in [9.17, 15) is 17.6 Å². The molecule has 1 heterocycles. The number of carbonyl (C=O) groups excluding carboxylic acids is 1. The normalized spacial score (nSPS) is 21.8. The number of anilines is 1. The van der Waals surface area contributed by atoms with Crippen molar-refractivity contribution >= 4 is 37.4 Å². The van der Waals surface area contributed by atoms with E-state index >= 15 is 0 Å². The highest BCUT2D eigenvalue weighted by Gasteiger charge is 2.33. The minimum absolute atomic E-state index is 0.0199. The zero-order valence-electron chi connectivity index (χ0n) is 9.32. The highest BCUT2D eigenvalue weighted by atomic mass is 79.9. The van der Waals surface area contributed by atoms with Crippen molar-refractivity contribution < 1.29 is 17.6 Å². The molecule has 1 saturated heterocycles. The van der Waals surface area contributed by atoms with Crippen LogP contribution in [-0.2, 0) is 14.6 Å². The van der Waals surface area contributed by atoms with Gasteiger partial charge in [-0.1, -0.05) is 6.07 Å². The number of carbonyl (C=O) groups is 1. The van der Waals surface area contributed by atoms with Gasteiger partial charge in [-0.15, -0.1) is 0 Å². The van der Waals surface area contributed by atoms with Crippen molar-refractivity contribution in [2.75, 3.05) is 16.8 Å². The predicted molar refractivity (Wildman–Crippen MR) is 69.5 cm³/mol. The zero-order valence-corrected chi connectivity index (χ0v) is 11.7. The van der Waals surface area contributed by atoms with Gasteiger partial charge in [-0.3, -0.25) is 4.79 Å². The molecule has 0 bridgehead atoms. The van der Waals surface area contributed by atoms with Gasteiger partial charge in [0.05, 0.1) is 27.6 Å². The fourth-order valence-corrected chi connectivity index (χ4v) is 3.94. The van der Waals surface area contributed by atoms with Crippen LogP contribution in [0.2, 0.25) is 0 Å². The maximum Gasteiger partial charge on any atom is 0.228 e. The Morgan fingerprint density at radius 1 is 1.44 bits per heavy atom. The van der Waals surface area contributed by atoms with E-state index in [1.807, 2.05) is 0 Å². The van der Waals surface area contributed by atoms with E-state index in [0.29, 0.717) is 6.42 Å². The van der Waals surface area contributed by atoms with E-state index in [4.69, 9.17) is 0 Å². The summed E-state index contributed by atoms with van der Waals surface area (Å²) in [5.41, 5.74) is 0.0543. The molecule has 0 aliphatic carbocycles. The highest BCUT2D eigenvalue weighted by Crippen LogP contribution is 2.25. The number of benzene rings is 1. The molecule has 18 heavy (non-hydrogen) atoms. The van der Waals surface area contributed by atoms with E-state index in [1.165, 1.54) is 12.1 Å². The molecular weight excluding hydrogens is 325 g/mol. The third kappa shape index (κ3) is 2.89. The lowest BCUT2D eigenvalue weighted by Gasteiger charge is -2.10. The Morgan fingerprint density at radius 2 is 2.17 bits per heavy atom. The number of rotatable bonds is 2. The molecule has 1 N–H and O–H groups in total. The molecule has 0 saturated carbocycles. The van der Waals surface area contributed by atoms with Crippen LogP contribution in [-0.4, -0.2) is 25.8 Å². The van der Waals surface area contributed by atoms with Crippen LogP contribution in [0.1, 0.15) is 6.42 Å². The van der Waals surface area contributed by atoms with Crippen molar-refractivity contribution in [3.63, 3.8) is 0 Å². The second-order valence-electron chi connectivity index (χ2n) is 4.19.